The van der Waals surface area contributed by atoms with E-state index in [0.29, 0.717) is 18.7 Å². The van der Waals surface area contributed by atoms with Crippen LogP contribution in [-0.4, -0.2) is 56.4 Å². The number of hydrogen-bond donors (Lipinski definition) is 1. The summed E-state index contributed by atoms with van der Waals surface area (Å²) in [5.74, 6) is 0.874. The standard InChI is InChI=1S/C16H26N4O/c1-6-10-17-15(21)14-9-7-8-13(11-14)12-18-16(19(2)3)20(4)5/h7-9,11H,6,10,12H2,1-5H3,(H,17,21). The van der Waals surface area contributed by atoms with Gasteiger partial charge in [-0.25, -0.2) is 4.99 Å². The van der Waals surface area contributed by atoms with Crippen LogP contribution in [-0.2, 0) is 6.54 Å². The van der Waals surface area contributed by atoms with Crippen molar-refractivity contribution in [2.75, 3.05) is 34.7 Å². The molecule has 5 heteroatoms. The first-order valence-electron chi connectivity index (χ1n) is 7.22. The van der Waals surface area contributed by atoms with Crippen molar-refractivity contribution in [3.05, 3.63) is 35.4 Å². The van der Waals surface area contributed by atoms with Crippen LogP contribution in [0.5, 0.6) is 0 Å². The first kappa shape index (κ1) is 17.0. The van der Waals surface area contributed by atoms with Gasteiger partial charge in [0.05, 0.1) is 6.54 Å². The maximum absolute atomic E-state index is 11.9. The normalized spacial score (nSPS) is 9.95. The van der Waals surface area contributed by atoms with Crippen molar-refractivity contribution in [1.29, 1.82) is 0 Å². The molecule has 0 aliphatic rings. The van der Waals surface area contributed by atoms with Crippen LogP contribution < -0.4 is 5.32 Å². The molecule has 0 unspecified atom stereocenters. The van der Waals surface area contributed by atoms with Crippen molar-refractivity contribution in [2.45, 2.75) is 19.9 Å². The van der Waals surface area contributed by atoms with E-state index in [1.807, 2.05) is 69.2 Å². The van der Waals surface area contributed by atoms with Gasteiger partial charge in [-0.2, -0.15) is 0 Å². The number of aliphatic imine (C=N–C) groups is 1. The summed E-state index contributed by atoms with van der Waals surface area (Å²) in [6, 6.07) is 7.62. The summed E-state index contributed by atoms with van der Waals surface area (Å²) in [4.78, 5) is 20.5. The van der Waals surface area contributed by atoms with Crippen molar-refractivity contribution in [3.8, 4) is 0 Å². The molecule has 1 rings (SSSR count). The zero-order valence-electron chi connectivity index (χ0n) is 13.7. The fourth-order valence-corrected chi connectivity index (χ4v) is 2.00. The second kappa shape index (κ2) is 8.29. The summed E-state index contributed by atoms with van der Waals surface area (Å²) in [7, 11) is 7.86. The lowest BCUT2D eigenvalue weighted by Crippen LogP contribution is -2.35. The molecule has 0 saturated heterocycles. The Morgan fingerprint density at radius 1 is 1.19 bits per heavy atom. The van der Waals surface area contributed by atoms with E-state index in [4.69, 9.17) is 0 Å². The molecule has 0 saturated carbocycles. The monoisotopic (exact) mass is 290 g/mol. The Bertz CT molecular complexity index is 485. The molecule has 1 N–H and O–H groups in total. The first-order valence-corrected chi connectivity index (χ1v) is 7.22. The highest BCUT2D eigenvalue weighted by atomic mass is 16.1. The van der Waals surface area contributed by atoms with E-state index in [1.165, 1.54) is 0 Å². The van der Waals surface area contributed by atoms with E-state index in [-0.39, 0.29) is 5.91 Å². The molecule has 0 aromatic heterocycles. The van der Waals surface area contributed by atoms with Crippen molar-refractivity contribution in [1.82, 2.24) is 15.1 Å². The summed E-state index contributed by atoms with van der Waals surface area (Å²) >= 11 is 0. The van der Waals surface area contributed by atoms with Gasteiger partial charge in [-0.1, -0.05) is 19.1 Å². The van der Waals surface area contributed by atoms with Gasteiger partial charge in [0.25, 0.3) is 5.91 Å². The second-order valence-corrected chi connectivity index (χ2v) is 5.36. The van der Waals surface area contributed by atoms with Gasteiger partial charge >= 0.3 is 0 Å². The molecular weight excluding hydrogens is 264 g/mol. The molecule has 116 valence electrons. The zero-order valence-corrected chi connectivity index (χ0v) is 13.7. The van der Waals surface area contributed by atoms with Crippen LogP contribution in [0.2, 0.25) is 0 Å². The second-order valence-electron chi connectivity index (χ2n) is 5.36. The Labute approximate surface area is 127 Å². The molecule has 5 nitrogen and oxygen atoms in total. The van der Waals surface area contributed by atoms with Gasteiger partial charge in [-0.15, -0.1) is 0 Å². The summed E-state index contributed by atoms with van der Waals surface area (Å²) in [5.41, 5.74) is 1.72. The molecule has 0 spiro atoms. The largest absolute Gasteiger partial charge is 0.352 e. The molecular formula is C16H26N4O. The highest BCUT2D eigenvalue weighted by Gasteiger charge is 2.06. The Kier molecular flexibility index (Phi) is 6.72. The smallest absolute Gasteiger partial charge is 0.251 e. The minimum atomic E-state index is -0.0249. The number of carbonyl (C=O) groups is 1. The lowest BCUT2D eigenvalue weighted by Gasteiger charge is -2.22. The van der Waals surface area contributed by atoms with Gasteiger partial charge < -0.3 is 15.1 Å². The van der Waals surface area contributed by atoms with E-state index in [1.54, 1.807) is 0 Å². The highest BCUT2D eigenvalue weighted by molar-refractivity contribution is 5.94. The maximum Gasteiger partial charge on any atom is 0.251 e. The predicted octanol–water partition coefficient (Wildman–Crippen LogP) is 1.81. The number of guanidine groups is 1. The van der Waals surface area contributed by atoms with Gasteiger partial charge in [0.15, 0.2) is 5.96 Å². The topological polar surface area (TPSA) is 47.9 Å². The number of hydrogen-bond acceptors (Lipinski definition) is 2. The van der Waals surface area contributed by atoms with Crippen molar-refractivity contribution < 1.29 is 4.79 Å². The van der Waals surface area contributed by atoms with Crippen molar-refractivity contribution >= 4 is 11.9 Å². The third-order valence-corrected chi connectivity index (χ3v) is 2.93. The average molecular weight is 290 g/mol. The fraction of sp³-hybridized carbons (Fsp3) is 0.500. The van der Waals surface area contributed by atoms with E-state index in [2.05, 4.69) is 10.3 Å². The SMILES string of the molecule is CCCNC(=O)c1cccc(CN=C(N(C)C)N(C)C)c1. The highest BCUT2D eigenvalue weighted by Crippen LogP contribution is 2.07. The minimum Gasteiger partial charge on any atom is -0.352 e. The third kappa shape index (κ3) is 5.45. The van der Waals surface area contributed by atoms with Crippen LogP contribution in [0.3, 0.4) is 0 Å². The third-order valence-electron chi connectivity index (χ3n) is 2.93. The number of nitrogens with one attached hydrogen (secondary N) is 1. The Balaban J connectivity index is 2.81. The molecule has 0 bridgehead atoms. The van der Waals surface area contributed by atoms with E-state index in [9.17, 15) is 4.79 Å². The molecule has 0 aliphatic heterocycles. The molecule has 0 heterocycles. The fourth-order valence-electron chi connectivity index (χ4n) is 2.00. The quantitative estimate of drug-likeness (QED) is 0.664. The number of rotatable bonds is 5. The number of amides is 1. The van der Waals surface area contributed by atoms with Gasteiger partial charge in [-0.3, -0.25) is 4.79 Å². The lowest BCUT2D eigenvalue weighted by atomic mass is 10.1. The Morgan fingerprint density at radius 3 is 2.43 bits per heavy atom. The first-order chi connectivity index (χ1) is 9.95. The number of carbonyl (C=O) groups excluding carboxylic acids is 1. The molecule has 21 heavy (non-hydrogen) atoms. The molecule has 0 fully saturated rings. The summed E-state index contributed by atoms with van der Waals surface area (Å²) in [6.45, 7) is 3.29. The minimum absolute atomic E-state index is 0.0249. The summed E-state index contributed by atoms with van der Waals surface area (Å²) in [6.07, 6.45) is 0.935. The zero-order chi connectivity index (χ0) is 15.8. The van der Waals surface area contributed by atoms with Crippen LogP contribution in [0.25, 0.3) is 0 Å². The summed E-state index contributed by atoms with van der Waals surface area (Å²) < 4.78 is 0. The van der Waals surface area contributed by atoms with Crippen molar-refractivity contribution in [3.63, 3.8) is 0 Å². The van der Waals surface area contributed by atoms with Gasteiger partial charge in [0.2, 0.25) is 0 Å². The molecule has 1 aromatic rings. The molecule has 0 atom stereocenters. The molecule has 1 amide bonds. The van der Waals surface area contributed by atoms with Crippen molar-refractivity contribution in [2.24, 2.45) is 4.99 Å². The lowest BCUT2D eigenvalue weighted by molar-refractivity contribution is 0.0953. The number of nitrogens with zero attached hydrogens (tertiary/aromatic N) is 3. The van der Waals surface area contributed by atoms with Crippen LogP contribution in [0.15, 0.2) is 29.3 Å². The van der Waals surface area contributed by atoms with Crippen LogP contribution in [0, 0.1) is 0 Å². The molecule has 0 aliphatic carbocycles. The van der Waals surface area contributed by atoms with Crippen LogP contribution >= 0.6 is 0 Å². The van der Waals surface area contributed by atoms with Gasteiger partial charge in [0.1, 0.15) is 0 Å². The number of benzene rings is 1. The van der Waals surface area contributed by atoms with E-state index < -0.39 is 0 Å². The summed E-state index contributed by atoms with van der Waals surface area (Å²) in [5, 5.41) is 2.89. The van der Waals surface area contributed by atoms with E-state index in [0.717, 1.165) is 17.9 Å². The van der Waals surface area contributed by atoms with Crippen LogP contribution in [0.1, 0.15) is 29.3 Å². The van der Waals surface area contributed by atoms with E-state index >= 15 is 0 Å². The molecule has 1 aromatic carbocycles. The van der Waals surface area contributed by atoms with Crippen LogP contribution in [0.4, 0.5) is 0 Å². The maximum atomic E-state index is 11.9. The van der Waals surface area contributed by atoms with Gasteiger partial charge in [-0.05, 0) is 24.1 Å². The van der Waals surface area contributed by atoms with Gasteiger partial charge in [0, 0.05) is 40.3 Å². The predicted molar refractivity (Wildman–Crippen MR) is 87.6 cm³/mol. The Hall–Kier alpha value is -2.04. The average Bonchev–Trinajstić information content (AvgIpc) is 2.44. The molecule has 0 radical (unpaired) electrons. The Morgan fingerprint density at radius 2 is 1.86 bits per heavy atom.